The van der Waals surface area contributed by atoms with Crippen LogP contribution >= 0.6 is 0 Å². The lowest BCUT2D eigenvalue weighted by Gasteiger charge is -2.29. The van der Waals surface area contributed by atoms with Crippen molar-refractivity contribution in [3.05, 3.63) is 34.9 Å². The molecule has 2 saturated heterocycles. The van der Waals surface area contributed by atoms with Crippen LogP contribution < -0.4 is 16.0 Å². The maximum Gasteiger partial charge on any atom is 0.255 e. The second-order valence-corrected chi connectivity index (χ2v) is 7.59. The summed E-state index contributed by atoms with van der Waals surface area (Å²) in [5.41, 5.74) is 1.57. The van der Waals surface area contributed by atoms with Gasteiger partial charge in [0.25, 0.3) is 11.8 Å². The van der Waals surface area contributed by atoms with E-state index in [9.17, 15) is 19.2 Å². The average Bonchev–Trinajstić information content (AvgIpc) is 3.03. The number of carbonyl (C=O) groups excluding carboxylic acids is 4. The zero-order chi connectivity index (χ0) is 19.7. The summed E-state index contributed by atoms with van der Waals surface area (Å²) in [5.74, 6) is -1.25. The van der Waals surface area contributed by atoms with Crippen LogP contribution in [0.5, 0.6) is 0 Å². The fraction of sp³-hybridized carbons (Fsp3) is 0.500. The average molecular weight is 384 g/mol. The quantitative estimate of drug-likeness (QED) is 0.648. The van der Waals surface area contributed by atoms with E-state index in [1.807, 2.05) is 0 Å². The van der Waals surface area contributed by atoms with Gasteiger partial charge < -0.3 is 15.5 Å². The molecule has 0 radical (unpaired) electrons. The van der Waals surface area contributed by atoms with Gasteiger partial charge in [-0.3, -0.25) is 24.5 Å². The van der Waals surface area contributed by atoms with Crippen LogP contribution in [0.2, 0.25) is 0 Å². The zero-order valence-electron chi connectivity index (χ0n) is 15.6. The maximum absolute atomic E-state index is 12.8. The first-order valence-electron chi connectivity index (χ1n) is 9.82. The van der Waals surface area contributed by atoms with Crippen molar-refractivity contribution in [1.82, 2.24) is 20.9 Å². The van der Waals surface area contributed by atoms with Crippen molar-refractivity contribution in [3.8, 4) is 0 Å². The minimum Gasteiger partial charge on any atom is -0.350 e. The molecule has 3 N–H and O–H groups in total. The minimum atomic E-state index is -0.681. The molecule has 0 aromatic heterocycles. The summed E-state index contributed by atoms with van der Waals surface area (Å²) in [6.07, 6.45) is 3.87. The van der Waals surface area contributed by atoms with Gasteiger partial charge in [-0.1, -0.05) is 12.5 Å². The summed E-state index contributed by atoms with van der Waals surface area (Å²) < 4.78 is 0. The molecule has 1 aromatic rings. The topological polar surface area (TPSA) is 108 Å². The number of piperidine rings is 2. The van der Waals surface area contributed by atoms with Crippen molar-refractivity contribution in [2.24, 2.45) is 0 Å². The van der Waals surface area contributed by atoms with Crippen LogP contribution in [-0.2, 0) is 16.1 Å². The summed E-state index contributed by atoms with van der Waals surface area (Å²) in [6, 6.07) is 4.68. The van der Waals surface area contributed by atoms with E-state index in [1.54, 1.807) is 18.2 Å². The molecular weight excluding hydrogens is 360 g/mol. The highest BCUT2D eigenvalue weighted by atomic mass is 16.2. The number of amides is 4. The van der Waals surface area contributed by atoms with Gasteiger partial charge in [-0.15, -0.1) is 0 Å². The third kappa shape index (κ3) is 3.52. The molecule has 4 amide bonds. The largest absolute Gasteiger partial charge is 0.350 e. The molecule has 8 heteroatoms. The van der Waals surface area contributed by atoms with Gasteiger partial charge in [0.05, 0.1) is 0 Å². The lowest BCUT2D eigenvalue weighted by molar-refractivity contribution is -0.136. The molecule has 4 rings (SSSR count). The number of hydrogen-bond acceptors (Lipinski definition) is 5. The first kappa shape index (κ1) is 18.6. The Kier molecular flexibility index (Phi) is 5.13. The Morgan fingerprint density at radius 2 is 2.04 bits per heavy atom. The van der Waals surface area contributed by atoms with E-state index in [2.05, 4.69) is 16.0 Å². The number of carbonyl (C=O) groups is 4. The molecular formula is C20H24N4O4. The van der Waals surface area contributed by atoms with E-state index in [-0.39, 0.29) is 36.7 Å². The van der Waals surface area contributed by atoms with Crippen LogP contribution in [-0.4, -0.2) is 53.7 Å². The van der Waals surface area contributed by atoms with Crippen molar-refractivity contribution >= 4 is 23.6 Å². The maximum atomic E-state index is 12.8. The van der Waals surface area contributed by atoms with E-state index in [4.69, 9.17) is 0 Å². The monoisotopic (exact) mass is 384 g/mol. The number of rotatable bonds is 4. The highest BCUT2D eigenvalue weighted by Crippen LogP contribution is 2.29. The smallest absolute Gasteiger partial charge is 0.255 e. The van der Waals surface area contributed by atoms with Crippen LogP contribution in [0.1, 0.15) is 58.4 Å². The molecule has 0 saturated carbocycles. The van der Waals surface area contributed by atoms with Crippen LogP contribution in [0.15, 0.2) is 18.2 Å². The highest BCUT2D eigenvalue weighted by Gasteiger charge is 2.40. The molecule has 8 nitrogen and oxygen atoms in total. The second kappa shape index (κ2) is 7.71. The van der Waals surface area contributed by atoms with Gasteiger partial charge in [0.2, 0.25) is 11.8 Å². The van der Waals surface area contributed by atoms with Gasteiger partial charge in [0, 0.05) is 36.7 Å². The van der Waals surface area contributed by atoms with Crippen LogP contribution in [0.25, 0.3) is 0 Å². The highest BCUT2D eigenvalue weighted by molar-refractivity contribution is 6.07. The molecule has 3 heterocycles. The zero-order valence-corrected chi connectivity index (χ0v) is 15.6. The SMILES string of the molecule is O=C1CCC(N2Cc3c(C(=O)NC[C@H]4CCCCN4)cccc3C2=O)C(=O)N1. The van der Waals surface area contributed by atoms with Crippen LogP contribution in [0.3, 0.4) is 0 Å². The van der Waals surface area contributed by atoms with Gasteiger partial charge in [-0.05, 0) is 43.5 Å². The Labute approximate surface area is 163 Å². The van der Waals surface area contributed by atoms with Crippen molar-refractivity contribution in [2.75, 3.05) is 13.1 Å². The number of hydrogen-bond donors (Lipinski definition) is 3. The molecule has 3 aliphatic rings. The van der Waals surface area contributed by atoms with E-state index in [0.717, 1.165) is 25.8 Å². The number of benzene rings is 1. The Morgan fingerprint density at radius 1 is 1.18 bits per heavy atom. The molecule has 2 fully saturated rings. The predicted octanol–water partition coefficient (Wildman–Crippen LogP) is 0.320. The van der Waals surface area contributed by atoms with Gasteiger partial charge in [-0.25, -0.2) is 0 Å². The molecule has 1 unspecified atom stereocenters. The number of nitrogens with one attached hydrogen (secondary N) is 3. The number of imide groups is 1. The van der Waals surface area contributed by atoms with Gasteiger partial charge in [0.1, 0.15) is 6.04 Å². The molecule has 0 aliphatic carbocycles. The van der Waals surface area contributed by atoms with E-state index in [0.29, 0.717) is 29.7 Å². The van der Waals surface area contributed by atoms with E-state index in [1.165, 1.54) is 4.90 Å². The van der Waals surface area contributed by atoms with Gasteiger partial charge in [0.15, 0.2) is 0 Å². The summed E-state index contributed by atoms with van der Waals surface area (Å²) >= 11 is 0. The normalized spacial score (nSPS) is 24.7. The standard InChI is InChI=1S/C20H24N4O4/c25-17-8-7-16(19(27)23-17)24-11-15-13(5-3-6-14(15)20(24)28)18(26)22-10-12-4-1-2-9-21-12/h3,5-6,12,16,21H,1-2,4,7-11H2,(H,22,26)(H,23,25,27)/t12-,16?/m1/s1. The molecule has 0 bridgehead atoms. The summed E-state index contributed by atoms with van der Waals surface area (Å²) in [7, 11) is 0. The molecule has 1 aromatic carbocycles. The van der Waals surface area contributed by atoms with Crippen molar-refractivity contribution < 1.29 is 19.2 Å². The Bertz CT molecular complexity index is 831. The molecule has 0 spiro atoms. The predicted molar refractivity (Wildman–Crippen MR) is 100 cm³/mol. The number of fused-ring (bicyclic) bond motifs is 1. The summed E-state index contributed by atoms with van der Waals surface area (Å²) in [4.78, 5) is 50.6. The van der Waals surface area contributed by atoms with Crippen molar-refractivity contribution in [1.29, 1.82) is 0 Å². The van der Waals surface area contributed by atoms with Crippen molar-refractivity contribution in [3.63, 3.8) is 0 Å². The first-order chi connectivity index (χ1) is 13.5. The summed E-state index contributed by atoms with van der Waals surface area (Å²) in [6.45, 7) is 1.72. The summed E-state index contributed by atoms with van der Waals surface area (Å²) in [5, 5.41) is 8.65. The van der Waals surface area contributed by atoms with Crippen LogP contribution in [0.4, 0.5) is 0 Å². The molecule has 148 valence electrons. The van der Waals surface area contributed by atoms with E-state index < -0.39 is 11.9 Å². The Hall–Kier alpha value is -2.74. The minimum absolute atomic E-state index is 0.200. The van der Waals surface area contributed by atoms with Crippen LogP contribution in [0, 0.1) is 0 Å². The lowest BCUT2D eigenvalue weighted by atomic mass is 10.0. The third-order valence-electron chi connectivity index (χ3n) is 5.75. The lowest BCUT2D eigenvalue weighted by Crippen LogP contribution is -2.52. The van der Waals surface area contributed by atoms with Crippen molar-refractivity contribution in [2.45, 2.75) is 50.7 Å². The molecule has 28 heavy (non-hydrogen) atoms. The fourth-order valence-electron chi connectivity index (χ4n) is 4.21. The van der Waals surface area contributed by atoms with Gasteiger partial charge in [-0.2, -0.15) is 0 Å². The third-order valence-corrected chi connectivity index (χ3v) is 5.75. The Balaban J connectivity index is 1.48. The Morgan fingerprint density at radius 3 is 2.79 bits per heavy atom. The molecule has 2 atom stereocenters. The fourth-order valence-corrected chi connectivity index (χ4v) is 4.21. The second-order valence-electron chi connectivity index (χ2n) is 7.59. The molecule has 3 aliphatic heterocycles. The first-order valence-corrected chi connectivity index (χ1v) is 9.82. The number of nitrogens with zero attached hydrogens (tertiary/aromatic N) is 1. The van der Waals surface area contributed by atoms with Gasteiger partial charge >= 0.3 is 0 Å². The van der Waals surface area contributed by atoms with E-state index >= 15 is 0 Å².